The Morgan fingerprint density at radius 1 is 1.28 bits per heavy atom. The van der Waals surface area contributed by atoms with E-state index in [1.807, 2.05) is 18.2 Å². The Bertz CT molecular complexity index is 784. The van der Waals surface area contributed by atoms with Crippen LogP contribution in [0.4, 0.5) is 4.79 Å². The highest BCUT2D eigenvalue weighted by atomic mass is 16.2. The summed E-state index contributed by atoms with van der Waals surface area (Å²) in [5.74, 6) is 0.325. The number of hydrogen-bond acceptors (Lipinski definition) is 4. The average molecular weight is 344 g/mol. The minimum atomic E-state index is -0.417. The number of nitrogens with one attached hydrogen (secondary N) is 4. The fourth-order valence-corrected chi connectivity index (χ4v) is 2.83. The summed E-state index contributed by atoms with van der Waals surface area (Å²) < 4.78 is 0. The number of aromatic amines is 2. The summed E-state index contributed by atoms with van der Waals surface area (Å²) >= 11 is 0. The molecular formula is C16H20N6O3. The molecule has 0 bridgehead atoms. The topological polar surface area (TPSA) is 123 Å². The van der Waals surface area contributed by atoms with Gasteiger partial charge in [-0.1, -0.05) is 18.2 Å². The minimum Gasteiger partial charge on any atom is -0.337 e. The highest BCUT2D eigenvalue weighted by Gasteiger charge is 2.25. The van der Waals surface area contributed by atoms with Gasteiger partial charge in [-0.25, -0.2) is 14.7 Å². The number of urea groups is 1. The molecule has 1 aliphatic rings. The van der Waals surface area contributed by atoms with Gasteiger partial charge in [-0.2, -0.15) is 5.10 Å². The van der Waals surface area contributed by atoms with Crippen LogP contribution in [-0.4, -0.2) is 51.2 Å². The van der Waals surface area contributed by atoms with Crippen LogP contribution in [0.2, 0.25) is 0 Å². The molecule has 4 N–H and O–H groups in total. The SMILES string of the molecule is O=C(NCc1n[nH]c(=O)[nH]1)N[C@H]1CCCN(C(=O)c2ccccc2)C1. The molecule has 3 rings (SSSR count). The summed E-state index contributed by atoms with van der Waals surface area (Å²) in [6, 6.07) is 8.64. The number of carbonyl (C=O) groups is 2. The van der Waals surface area contributed by atoms with Crippen molar-refractivity contribution in [2.45, 2.75) is 25.4 Å². The van der Waals surface area contributed by atoms with Crippen LogP contribution in [-0.2, 0) is 6.54 Å². The molecule has 0 spiro atoms. The highest BCUT2D eigenvalue weighted by Crippen LogP contribution is 2.13. The zero-order valence-electron chi connectivity index (χ0n) is 13.6. The molecule has 9 heteroatoms. The van der Waals surface area contributed by atoms with E-state index >= 15 is 0 Å². The maximum atomic E-state index is 12.5. The summed E-state index contributed by atoms with van der Waals surface area (Å²) in [5, 5.41) is 11.4. The molecule has 2 heterocycles. The van der Waals surface area contributed by atoms with Crippen LogP contribution in [0.25, 0.3) is 0 Å². The van der Waals surface area contributed by atoms with Gasteiger partial charge in [-0.3, -0.25) is 9.78 Å². The fourth-order valence-electron chi connectivity index (χ4n) is 2.83. The molecule has 0 saturated carbocycles. The maximum Gasteiger partial charge on any atom is 0.340 e. The number of H-pyrrole nitrogens is 2. The van der Waals surface area contributed by atoms with Crippen molar-refractivity contribution in [2.75, 3.05) is 13.1 Å². The lowest BCUT2D eigenvalue weighted by Gasteiger charge is -2.33. The van der Waals surface area contributed by atoms with E-state index in [4.69, 9.17) is 0 Å². The van der Waals surface area contributed by atoms with Crippen molar-refractivity contribution in [1.82, 2.24) is 30.7 Å². The quantitative estimate of drug-likeness (QED) is 0.633. The fraction of sp³-hybridized carbons (Fsp3) is 0.375. The van der Waals surface area contributed by atoms with Crippen molar-refractivity contribution in [3.8, 4) is 0 Å². The van der Waals surface area contributed by atoms with E-state index in [9.17, 15) is 14.4 Å². The second-order valence-corrected chi connectivity index (χ2v) is 5.91. The van der Waals surface area contributed by atoms with E-state index in [1.54, 1.807) is 17.0 Å². The van der Waals surface area contributed by atoms with Crippen LogP contribution < -0.4 is 16.3 Å². The van der Waals surface area contributed by atoms with Gasteiger partial charge in [-0.15, -0.1) is 0 Å². The zero-order valence-corrected chi connectivity index (χ0v) is 13.6. The van der Waals surface area contributed by atoms with E-state index in [0.717, 1.165) is 12.8 Å². The monoisotopic (exact) mass is 344 g/mol. The third-order valence-electron chi connectivity index (χ3n) is 4.03. The molecule has 1 fully saturated rings. The van der Waals surface area contributed by atoms with Crippen molar-refractivity contribution >= 4 is 11.9 Å². The molecule has 1 saturated heterocycles. The summed E-state index contributed by atoms with van der Waals surface area (Å²) in [6.07, 6.45) is 1.64. The molecule has 1 aromatic heterocycles. The zero-order chi connectivity index (χ0) is 17.6. The van der Waals surface area contributed by atoms with Gasteiger partial charge in [-0.05, 0) is 25.0 Å². The molecule has 1 aromatic carbocycles. The molecule has 0 unspecified atom stereocenters. The second kappa shape index (κ2) is 7.65. The van der Waals surface area contributed by atoms with Gasteiger partial charge in [0.2, 0.25) is 0 Å². The smallest absolute Gasteiger partial charge is 0.337 e. The maximum absolute atomic E-state index is 12.5. The van der Waals surface area contributed by atoms with Crippen LogP contribution in [0.1, 0.15) is 29.0 Å². The van der Waals surface area contributed by atoms with Crippen LogP contribution >= 0.6 is 0 Å². The molecule has 2 aromatic rings. The Morgan fingerprint density at radius 2 is 2.08 bits per heavy atom. The molecule has 0 radical (unpaired) electrons. The third kappa shape index (κ3) is 4.46. The third-order valence-corrected chi connectivity index (χ3v) is 4.03. The lowest BCUT2D eigenvalue weighted by atomic mass is 10.0. The van der Waals surface area contributed by atoms with Gasteiger partial charge in [0.05, 0.1) is 6.54 Å². The van der Waals surface area contributed by atoms with Crippen molar-refractivity contribution < 1.29 is 9.59 Å². The number of amides is 3. The number of carbonyl (C=O) groups excluding carboxylic acids is 2. The van der Waals surface area contributed by atoms with E-state index in [-0.39, 0.29) is 24.5 Å². The molecular weight excluding hydrogens is 324 g/mol. The van der Waals surface area contributed by atoms with Gasteiger partial charge >= 0.3 is 11.7 Å². The summed E-state index contributed by atoms with van der Waals surface area (Å²) in [6.45, 7) is 1.27. The Labute approximate surface area is 143 Å². The molecule has 1 aliphatic heterocycles. The van der Waals surface area contributed by atoms with Crippen molar-refractivity contribution in [3.05, 3.63) is 52.2 Å². The van der Waals surface area contributed by atoms with E-state index < -0.39 is 5.69 Å². The van der Waals surface area contributed by atoms with E-state index in [1.165, 1.54) is 0 Å². The Hall–Kier alpha value is -3.10. The van der Waals surface area contributed by atoms with Crippen LogP contribution in [0.5, 0.6) is 0 Å². The van der Waals surface area contributed by atoms with E-state index in [0.29, 0.717) is 24.5 Å². The van der Waals surface area contributed by atoms with Crippen molar-refractivity contribution in [3.63, 3.8) is 0 Å². The predicted molar refractivity (Wildman–Crippen MR) is 89.9 cm³/mol. The van der Waals surface area contributed by atoms with Gasteiger partial charge in [0, 0.05) is 24.7 Å². The molecule has 1 atom stereocenters. The molecule has 25 heavy (non-hydrogen) atoms. The van der Waals surface area contributed by atoms with Crippen LogP contribution in [0.15, 0.2) is 35.1 Å². The Balaban J connectivity index is 1.50. The first-order valence-corrected chi connectivity index (χ1v) is 8.14. The number of aromatic nitrogens is 3. The van der Waals surface area contributed by atoms with Gasteiger partial charge in [0.15, 0.2) is 0 Å². The Morgan fingerprint density at radius 3 is 2.80 bits per heavy atom. The summed E-state index contributed by atoms with van der Waals surface area (Å²) in [5.41, 5.74) is 0.231. The first kappa shape index (κ1) is 16.7. The number of hydrogen-bond donors (Lipinski definition) is 4. The van der Waals surface area contributed by atoms with Gasteiger partial charge in [0.25, 0.3) is 5.91 Å². The lowest BCUT2D eigenvalue weighted by Crippen LogP contribution is -2.51. The average Bonchev–Trinajstić information content (AvgIpc) is 3.06. The molecule has 132 valence electrons. The van der Waals surface area contributed by atoms with Crippen LogP contribution in [0, 0.1) is 0 Å². The number of benzene rings is 1. The summed E-state index contributed by atoms with van der Waals surface area (Å²) in [4.78, 5) is 39.6. The number of likely N-dealkylation sites (tertiary alicyclic amines) is 1. The summed E-state index contributed by atoms with van der Waals surface area (Å²) in [7, 11) is 0. The number of nitrogens with zero attached hydrogens (tertiary/aromatic N) is 2. The highest BCUT2D eigenvalue weighted by molar-refractivity contribution is 5.94. The first-order chi connectivity index (χ1) is 12.1. The molecule has 9 nitrogen and oxygen atoms in total. The molecule has 0 aliphatic carbocycles. The predicted octanol–water partition coefficient (Wildman–Crippen LogP) is 0.202. The molecule has 3 amide bonds. The first-order valence-electron chi connectivity index (χ1n) is 8.14. The van der Waals surface area contributed by atoms with Gasteiger partial charge in [0.1, 0.15) is 5.82 Å². The second-order valence-electron chi connectivity index (χ2n) is 5.91. The van der Waals surface area contributed by atoms with Gasteiger partial charge < -0.3 is 15.5 Å². The normalized spacial score (nSPS) is 17.1. The van der Waals surface area contributed by atoms with Crippen LogP contribution in [0.3, 0.4) is 0 Å². The standard InChI is InChI=1S/C16H20N6O3/c23-14(11-5-2-1-3-6-11)22-8-4-7-12(10-22)18-15(24)17-9-13-19-16(25)21-20-13/h1-3,5-6,12H,4,7-10H2,(H2,17,18,24)(H2,19,20,21,25)/t12-/m0/s1. The number of rotatable bonds is 4. The largest absolute Gasteiger partial charge is 0.340 e. The Kier molecular flexibility index (Phi) is 5.12. The lowest BCUT2D eigenvalue weighted by molar-refractivity contribution is 0.0697. The van der Waals surface area contributed by atoms with E-state index in [2.05, 4.69) is 25.8 Å². The number of piperidine rings is 1. The minimum absolute atomic E-state index is 0.0263. The van der Waals surface area contributed by atoms with Crippen molar-refractivity contribution in [2.24, 2.45) is 0 Å². The van der Waals surface area contributed by atoms with Crippen molar-refractivity contribution in [1.29, 1.82) is 0 Å².